The van der Waals surface area contributed by atoms with Crippen molar-refractivity contribution in [2.75, 3.05) is 11.4 Å². The maximum Gasteiger partial charge on any atom is 0.350 e. The Labute approximate surface area is 159 Å². The summed E-state index contributed by atoms with van der Waals surface area (Å²) < 4.78 is 0. The Morgan fingerprint density at radius 1 is 1.15 bits per heavy atom. The molecular weight excluding hydrogens is 340 g/mol. The molecule has 6 nitrogen and oxygen atoms in total. The number of carbonyl (C=O) groups excluding carboxylic acids is 2. The van der Waals surface area contributed by atoms with Crippen molar-refractivity contribution in [3.05, 3.63) is 46.8 Å². The van der Waals surface area contributed by atoms with Gasteiger partial charge in [-0.3, -0.25) is 9.78 Å². The molecule has 6 heteroatoms. The van der Waals surface area contributed by atoms with Gasteiger partial charge in [0, 0.05) is 17.8 Å². The molecule has 1 aromatic heterocycles. The van der Waals surface area contributed by atoms with Crippen molar-refractivity contribution in [2.24, 2.45) is 11.7 Å². The highest BCUT2D eigenvalue weighted by atomic mass is 16.2. The first-order chi connectivity index (χ1) is 12.8. The molecule has 1 radical (unpaired) electrons. The molecule has 1 aliphatic rings. The Kier molecular flexibility index (Phi) is 5.28. The highest BCUT2D eigenvalue weighted by Crippen LogP contribution is 2.39. The zero-order valence-electron chi connectivity index (χ0n) is 16.2. The van der Waals surface area contributed by atoms with Gasteiger partial charge in [0.05, 0.1) is 11.4 Å². The van der Waals surface area contributed by atoms with Crippen LogP contribution >= 0.6 is 0 Å². The monoisotopic (exact) mass is 365 g/mol. The Hall–Kier alpha value is -2.73. The summed E-state index contributed by atoms with van der Waals surface area (Å²) in [6.45, 7) is 8.25. The van der Waals surface area contributed by atoms with Gasteiger partial charge in [0.2, 0.25) is 0 Å². The van der Waals surface area contributed by atoms with Crippen LogP contribution in [0.4, 0.5) is 10.5 Å². The molecule has 1 aromatic carbocycles. The van der Waals surface area contributed by atoms with Crippen LogP contribution < -0.4 is 16.0 Å². The summed E-state index contributed by atoms with van der Waals surface area (Å²) in [6, 6.07) is 7.46. The SMILES string of the molecule is Cc1ccc(-c2c(CN)c(CC(C)C)nc(C)c2N2C(=O)C[N]C2=O)cc1. The molecule has 0 spiro atoms. The summed E-state index contributed by atoms with van der Waals surface area (Å²) in [5, 5.41) is 3.77. The van der Waals surface area contributed by atoms with Crippen LogP contribution in [-0.2, 0) is 17.8 Å². The van der Waals surface area contributed by atoms with Crippen molar-refractivity contribution in [1.29, 1.82) is 0 Å². The first-order valence-corrected chi connectivity index (χ1v) is 9.17. The van der Waals surface area contributed by atoms with Crippen LogP contribution in [0.1, 0.15) is 36.4 Å². The number of urea groups is 1. The van der Waals surface area contributed by atoms with Crippen LogP contribution in [0.5, 0.6) is 0 Å². The molecule has 2 N–H and O–H groups in total. The maximum absolute atomic E-state index is 12.4. The Bertz CT molecular complexity index is 872. The molecule has 1 fully saturated rings. The van der Waals surface area contributed by atoms with Gasteiger partial charge in [-0.25, -0.2) is 15.0 Å². The lowest BCUT2D eigenvalue weighted by molar-refractivity contribution is -0.115. The van der Waals surface area contributed by atoms with Crippen LogP contribution in [0.25, 0.3) is 11.1 Å². The predicted molar refractivity (Wildman–Crippen MR) is 105 cm³/mol. The number of imide groups is 1. The Balaban J connectivity index is 2.33. The first kappa shape index (κ1) is 19.0. The zero-order valence-corrected chi connectivity index (χ0v) is 16.2. The minimum Gasteiger partial charge on any atom is -0.326 e. The third-order valence-corrected chi connectivity index (χ3v) is 4.69. The summed E-state index contributed by atoms with van der Waals surface area (Å²) in [6.07, 6.45) is 0.777. The van der Waals surface area contributed by atoms with Gasteiger partial charge in [-0.15, -0.1) is 0 Å². The lowest BCUT2D eigenvalue weighted by Gasteiger charge is -2.24. The van der Waals surface area contributed by atoms with Gasteiger partial charge in [0.15, 0.2) is 0 Å². The molecule has 0 unspecified atom stereocenters. The molecule has 3 rings (SSSR count). The molecule has 2 heterocycles. The normalized spacial score (nSPS) is 14.2. The number of carbonyl (C=O) groups is 2. The second-order valence-electron chi connectivity index (χ2n) is 7.34. The molecule has 0 bridgehead atoms. The van der Waals surface area contributed by atoms with E-state index in [1.807, 2.05) is 38.1 Å². The number of nitrogens with zero attached hydrogens (tertiary/aromatic N) is 3. The number of nitrogens with two attached hydrogens (primary N) is 1. The lowest BCUT2D eigenvalue weighted by Crippen LogP contribution is -2.32. The third kappa shape index (κ3) is 3.57. The van der Waals surface area contributed by atoms with Crippen molar-refractivity contribution >= 4 is 17.6 Å². The number of benzene rings is 1. The molecule has 0 aliphatic carbocycles. The predicted octanol–water partition coefficient (Wildman–Crippen LogP) is 3.09. The number of hydrogen-bond acceptors (Lipinski definition) is 4. The van der Waals surface area contributed by atoms with E-state index in [1.54, 1.807) is 0 Å². The van der Waals surface area contributed by atoms with Crippen molar-refractivity contribution in [1.82, 2.24) is 10.3 Å². The number of rotatable bonds is 5. The first-order valence-electron chi connectivity index (χ1n) is 9.17. The molecule has 3 amide bonds. The molecule has 1 saturated heterocycles. The maximum atomic E-state index is 12.4. The second-order valence-corrected chi connectivity index (χ2v) is 7.34. The minimum absolute atomic E-state index is 0.128. The van der Waals surface area contributed by atoms with Crippen molar-refractivity contribution in [2.45, 2.75) is 40.7 Å². The number of aryl methyl sites for hydroxylation is 2. The van der Waals surface area contributed by atoms with Crippen molar-refractivity contribution in [3.8, 4) is 11.1 Å². The highest BCUT2D eigenvalue weighted by molar-refractivity contribution is 6.21. The smallest absolute Gasteiger partial charge is 0.326 e. The van der Waals surface area contributed by atoms with E-state index < -0.39 is 6.03 Å². The van der Waals surface area contributed by atoms with Crippen LogP contribution in [-0.4, -0.2) is 23.5 Å². The minimum atomic E-state index is -0.544. The number of hydrogen-bond donors (Lipinski definition) is 1. The standard InChI is InChI=1S/C21H25N4O2/c1-12(2)9-17-16(10-22)19(15-7-5-13(3)6-8-15)20(14(4)24-17)25-18(26)11-23-21(25)27/h5-8,12H,9-11,22H2,1-4H3. The molecule has 141 valence electrons. The largest absolute Gasteiger partial charge is 0.350 e. The fourth-order valence-corrected chi connectivity index (χ4v) is 3.47. The van der Waals surface area contributed by atoms with E-state index in [0.717, 1.165) is 39.3 Å². The van der Waals surface area contributed by atoms with E-state index in [0.29, 0.717) is 17.3 Å². The molecule has 0 atom stereocenters. The van der Waals surface area contributed by atoms with Gasteiger partial charge < -0.3 is 5.73 Å². The summed E-state index contributed by atoms with van der Waals surface area (Å²) in [5.41, 5.74) is 11.9. The van der Waals surface area contributed by atoms with Gasteiger partial charge in [0.25, 0.3) is 5.91 Å². The van der Waals surface area contributed by atoms with Crippen molar-refractivity contribution < 1.29 is 9.59 Å². The highest BCUT2D eigenvalue weighted by Gasteiger charge is 2.36. The van der Waals surface area contributed by atoms with Crippen LogP contribution in [0.3, 0.4) is 0 Å². The Morgan fingerprint density at radius 3 is 2.33 bits per heavy atom. The van der Waals surface area contributed by atoms with Crippen molar-refractivity contribution in [3.63, 3.8) is 0 Å². The molecule has 1 aliphatic heterocycles. The summed E-state index contributed by atoms with van der Waals surface area (Å²) in [7, 11) is 0. The number of amides is 3. The van der Waals surface area contributed by atoms with Crippen LogP contribution in [0.2, 0.25) is 0 Å². The molecule has 0 saturated carbocycles. The quantitative estimate of drug-likeness (QED) is 0.824. The van der Waals surface area contributed by atoms with E-state index >= 15 is 0 Å². The zero-order chi connectivity index (χ0) is 19.7. The topological polar surface area (TPSA) is 90.4 Å². The van der Waals surface area contributed by atoms with Gasteiger partial charge in [0.1, 0.15) is 6.54 Å². The molecule has 27 heavy (non-hydrogen) atoms. The summed E-state index contributed by atoms with van der Waals surface area (Å²) >= 11 is 0. The van der Waals surface area contributed by atoms with E-state index in [1.165, 1.54) is 0 Å². The lowest BCUT2D eigenvalue weighted by atomic mass is 9.92. The average Bonchev–Trinajstić information content (AvgIpc) is 2.93. The van der Waals surface area contributed by atoms with E-state index in [2.05, 4.69) is 19.2 Å². The van der Waals surface area contributed by atoms with E-state index in [-0.39, 0.29) is 19.0 Å². The molecule has 2 aromatic rings. The Morgan fingerprint density at radius 2 is 1.81 bits per heavy atom. The summed E-state index contributed by atoms with van der Waals surface area (Å²) in [5.74, 6) is 0.0711. The van der Waals surface area contributed by atoms with Gasteiger partial charge in [-0.2, -0.15) is 0 Å². The van der Waals surface area contributed by atoms with Crippen LogP contribution in [0.15, 0.2) is 24.3 Å². The third-order valence-electron chi connectivity index (χ3n) is 4.69. The number of aromatic nitrogens is 1. The number of anilines is 1. The van der Waals surface area contributed by atoms with Crippen LogP contribution in [0, 0.1) is 19.8 Å². The van der Waals surface area contributed by atoms with Gasteiger partial charge in [-0.1, -0.05) is 43.7 Å². The second kappa shape index (κ2) is 7.48. The molecular formula is C21H25N4O2. The van der Waals surface area contributed by atoms with E-state index in [9.17, 15) is 9.59 Å². The number of pyridine rings is 1. The van der Waals surface area contributed by atoms with Gasteiger partial charge >= 0.3 is 6.03 Å². The fourth-order valence-electron chi connectivity index (χ4n) is 3.47. The van der Waals surface area contributed by atoms with E-state index in [4.69, 9.17) is 10.7 Å². The van der Waals surface area contributed by atoms with Gasteiger partial charge in [-0.05, 0) is 37.3 Å². The summed E-state index contributed by atoms with van der Waals surface area (Å²) in [4.78, 5) is 30.6. The fraction of sp³-hybridized carbons (Fsp3) is 0.381. The average molecular weight is 365 g/mol.